The first kappa shape index (κ1) is 17.5. The maximum atomic E-state index is 5.33. The molecule has 1 heterocycles. The van der Waals surface area contributed by atoms with Crippen molar-refractivity contribution in [1.29, 1.82) is 0 Å². The van der Waals surface area contributed by atoms with E-state index < -0.39 is 0 Å². The topological polar surface area (TPSA) is 58.5 Å². The first-order valence-corrected chi connectivity index (χ1v) is 8.54. The molecule has 1 unspecified atom stereocenters. The number of guanidine groups is 1. The zero-order valence-corrected chi connectivity index (χ0v) is 14.9. The Morgan fingerprint density at radius 3 is 2.74 bits per heavy atom. The van der Waals surface area contributed by atoms with Crippen molar-refractivity contribution >= 4 is 24.1 Å². The van der Waals surface area contributed by atoms with Crippen LogP contribution in [0.25, 0.3) is 0 Å². The zero-order chi connectivity index (χ0) is 16.7. The van der Waals surface area contributed by atoms with Crippen molar-refractivity contribution in [2.24, 2.45) is 16.0 Å². The van der Waals surface area contributed by atoms with Gasteiger partial charge in [0.2, 0.25) is 5.96 Å². The zero-order valence-electron chi connectivity index (χ0n) is 14.1. The minimum Gasteiger partial charge on any atom is -0.493 e. The van der Waals surface area contributed by atoms with E-state index in [1.807, 2.05) is 36.3 Å². The first-order chi connectivity index (χ1) is 11.2. The molecule has 1 aliphatic heterocycles. The van der Waals surface area contributed by atoms with Gasteiger partial charge in [-0.25, -0.2) is 5.01 Å². The van der Waals surface area contributed by atoms with Crippen LogP contribution >= 0.6 is 11.9 Å². The SMILES string of the molecule is CCN=C(NSc1ccc(OC)c(OC)c1)N1CC(CC)C=N1. The van der Waals surface area contributed by atoms with Crippen LogP contribution in [0.15, 0.2) is 33.2 Å². The number of nitrogens with one attached hydrogen (secondary N) is 1. The van der Waals surface area contributed by atoms with Crippen molar-refractivity contribution < 1.29 is 9.47 Å². The molecule has 126 valence electrons. The summed E-state index contributed by atoms with van der Waals surface area (Å²) in [4.78, 5) is 5.52. The summed E-state index contributed by atoms with van der Waals surface area (Å²) in [5.41, 5.74) is 0. The van der Waals surface area contributed by atoms with Crippen LogP contribution in [0.2, 0.25) is 0 Å². The molecule has 0 bridgehead atoms. The molecule has 0 spiro atoms. The molecule has 2 rings (SSSR count). The van der Waals surface area contributed by atoms with Gasteiger partial charge in [0.25, 0.3) is 0 Å². The van der Waals surface area contributed by atoms with E-state index in [0.29, 0.717) is 24.0 Å². The van der Waals surface area contributed by atoms with Gasteiger partial charge in [-0.2, -0.15) is 5.10 Å². The van der Waals surface area contributed by atoms with Gasteiger partial charge in [-0.15, -0.1) is 0 Å². The van der Waals surface area contributed by atoms with Gasteiger partial charge in [0.05, 0.1) is 20.8 Å². The summed E-state index contributed by atoms with van der Waals surface area (Å²) >= 11 is 1.48. The Labute approximate surface area is 142 Å². The second-order valence-electron chi connectivity index (χ2n) is 5.03. The van der Waals surface area contributed by atoms with Crippen LogP contribution in [0, 0.1) is 5.92 Å². The van der Waals surface area contributed by atoms with Crippen molar-refractivity contribution in [3.8, 4) is 11.5 Å². The van der Waals surface area contributed by atoms with Gasteiger partial charge in [-0.05, 0) is 43.5 Å². The monoisotopic (exact) mass is 336 g/mol. The highest BCUT2D eigenvalue weighted by Gasteiger charge is 2.20. The summed E-state index contributed by atoms with van der Waals surface area (Å²) in [5.74, 6) is 2.69. The van der Waals surface area contributed by atoms with Gasteiger partial charge in [-0.1, -0.05) is 6.92 Å². The number of ether oxygens (including phenoxy) is 2. The van der Waals surface area contributed by atoms with E-state index in [1.54, 1.807) is 14.2 Å². The fourth-order valence-corrected chi connectivity index (χ4v) is 2.85. The van der Waals surface area contributed by atoms with Gasteiger partial charge in [0.1, 0.15) is 0 Å². The number of rotatable bonds is 6. The fraction of sp³-hybridized carbons (Fsp3) is 0.500. The molecule has 0 amide bonds. The summed E-state index contributed by atoms with van der Waals surface area (Å²) in [6, 6.07) is 5.80. The van der Waals surface area contributed by atoms with Gasteiger partial charge < -0.3 is 9.47 Å². The third kappa shape index (κ3) is 4.54. The maximum Gasteiger partial charge on any atom is 0.225 e. The fourth-order valence-electron chi connectivity index (χ4n) is 2.17. The second kappa shape index (κ2) is 8.67. The minimum absolute atomic E-state index is 0.491. The van der Waals surface area contributed by atoms with E-state index >= 15 is 0 Å². The third-order valence-corrected chi connectivity index (χ3v) is 4.29. The summed E-state index contributed by atoms with van der Waals surface area (Å²) < 4.78 is 13.9. The predicted octanol–water partition coefficient (Wildman–Crippen LogP) is 3.00. The molecule has 1 aromatic carbocycles. The third-order valence-electron chi connectivity index (χ3n) is 3.52. The van der Waals surface area contributed by atoms with E-state index in [2.05, 4.69) is 21.7 Å². The van der Waals surface area contributed by atoms with Crippen molar-refractivity contribution in [3.63, 3.8) is 0 Å². The number of methoxy groups -OCH3 is 2. The molecule has 0 saturated carbocycles. The van der Waals surface area contributed by atoms with Crippen LogP contribution in [0.5, 0.6) is 11.5 Å². The van der Waals surface area contributed by atoms with E-state index in [9.17, 15) is 0 Å². The number of hydrogen-bond acceptors (Lipinski definition) is 5. The lowest BCUT2D eigenvalue weighted by Gasteiger charge is -2.19. The Bertz CT molecular complexity index is 577. The molecule has 1 atom stereocenters. The van der Waals surface area contributed by atoms with Crippen molar-refractivity contribution in [2.45, 2.75) is 25.2 Å². The summed E-state index contributed by atoms with van der Waals surface area (Å²) in [5, 5.41) is 6.36. The molecule has 0 aliphatic carbocycles. The van der Waals surface area contributed by atoms with Gasteiger partial charge in [0, 0.05) is 23.6 Å². The average molecular weight is 336 g/mol. The summed E-state index contributed by atoms with van der Waals surface area (Å²) in [6.45, 7) is 5.76. The molecule has 1 aliphatic rings. The molecular formula is C16H24N4O2S. The highest BCUT2D eigenvalue weighted by atomic mass is 32.2. The Balaban J connectivity index is 2.02. The second-order valence-corrected chi connectivity index (χ2v) is 5.91. The molecule has 0 fully saturated rings. The first-order valence-electron chi connectivity index (χ1n) is 7.72. The minimum atomic E-state index is 0.491. The Kier molecular flexibility index (Phi) is 6.58. The lowest BCUT2D eigenvalue weighted by molar-refractivity contribution is 0.354. The van der Waals surface area contributed by atoms with E-state index in [-0.39, 0.29) is 0 Å². The van der Waals surface area contributed by atoms with Crippen LogP contribution in [0.4, 0.5) is 0 Å². The van der Waals surface area contributed by atoms with Gasteiger partial charge in [-0.3, -0.25) is 9.71 Å². The quantitative estimate of drug-likeness (QED) is 0.492. The number of nitrogens with zero attached hydrogens (tertiary/aromatic N) is 3. The molecular weight excluding hydrogens is 312 g/mol. The van der Waals surface area contributed by atoms with Gasteiger partial charge >= 0.3 is 0 Å². The number of hydrogen-bond donors (Lipinski definition) is 1. The van der Waals surface area contributed by atoms with E-state index in [4.69, 9.17) is 9.47 Å². The Morgan fingerprint density at radius 1 is 1.35 bits per heavy atom. The van der Waals surface area contributed by atoms with Crippen LogP contribution in [0.1, 0.15) is 20.3 Å². The largest absolute Gasteiger partial charge is 0.493 e. The standard InChI is InChI=1S/C16H24N4O2S/c1-5-12-10-18-20(11-12)16(17-6-2)19-23-13-7-8-14(21-3)15(9-13)22-4/h7-10,12H,5-6,11H2,1-4H3,(H,17,19). The van der Waals surface area contributed by atoms with Crippen LogP contribution in [-0.2, 0) is 0 Å². The van der Waals surface area contributed by atoms with E-state index in [1.165, 1.54) is 11.9 Å². The molecule has 23 heavy (non-hydrogen) atoms. The van der Waals surface area contributed by atoms with Gasteiger partial charge in [0.15, 0.2) is 11.5 Å². The number of aliphatic imine (C=N–C) groups is 1. The molecule has 0 radical (unpaired) electrons. The van der Waals surface area contributed by atoms with Crippen molar-refractivity contribution in [1.82, 2.24) is 9.73 Å². The van der Waals surface area contributed by atoms with Crippen molar-refractivity contribution in [2.75, 3.05) is 27.3 Å². The molecule has 0 aromatic heterocycles. The number of benzene rings is 1. The molecule has 0 saturated heterocycles. The molecule has 6 nitrogen and oxygen atoms in total. The van der Waals surface area contributed by atoms with Crippen LogP contribution in [0.3, 0.4) is 0 Å². The van der Waals surface area contributed by atoms with Crippen molar-refractivity contribution in [3.05, 3.63) is 18.2 Å². The highest BCUT2D eigenvalue weighted by Crippen LogP contribution is 2.31. The molecule has 1 aromatic rings. The van der Waals surface area contributed by atoms with Crippen LogP contribution in [-0.4, -0.2) is 44.5 Å². The number of hydrazone groups is 1. The lowest BCUT2D eigenvalue weighted by atomic mass is 10.1. The Hall–Kier alpha value is -1.89. The molecule has 1 N–H and O–H groups in total. The smallest absolute Gasteiger partial charge is 0.225 e. The highest BCUT2D eigenvalue weighted by molar-refractivity contribution is 7.98. The lowest BCUT2D eigenvalue weighted by Crippen LogP contribution is -2.34. The molecule has 7 heteroatoms. The predicted molar refractivity (Wildman–Crippen MR) is 95.5 cm³/mol. The Morgan fingerprint density at radius 2 is 2.13 bits per heavy atom. The maximum absolute atomic E-state index is 5.33. The normalized spacial score (nSPS) is 17.5. The summed E-state index contributed by atoms with van der Waals surface area (Å²) in [7, 11) is 3.26. The summed E-state index contributed by atoms with van der Waals surface area (Å²) in [6.07, 6.45) is 3.08. The van der Waals surface area contributed by atoms with E-state index in [0.717, 1.165) is 23.8 Å². The average Bonchev–Trinajstić information content (AvgIpc) is 3.07. The van der Waals surface area contributed by atoms with Crippen LogP contribution < -0.4 is 14.2 Å².